The zero-order valence-electron chi connectivity index (χ0n) is 42.5. The second-order valence-electron chi connectivity index (χ2n) is 20.1. The number of allylic oxidation sites excluding steroid dienone is 2. The van der Waals surface area contributed by atoms with Gasteiger partial charge in [0, 0.05) is 6.42 Å². The molecule has 0 saturated carbocycles. The third-order valence-corrected chi connectivity index (χ3v) is 13.6. The van der Waals surface area contributed by atoms with Crippen LogP contribution < -0.4 is 5.32 Å². The van der Waals surface area contributed by atoms with Crippen LogP contribution in [0, 0.1) is 0 Å². The normalized spacial score (nSPS) is 14.6. The number of aliphatic hydroxyl groups is 2. The van der Waals surface area contributed by atoms with Crippen molar-refractivity contribution in [3.8, 4) is 0 Å². The molecule has 0 spiro atoms. The number of aliphatic hydroxyl groups excluding tert-OH is 2. The molecule has 376 valence electrons. The number of phosphoric acid groups is 1. The SMILES string of the molecule is CCCCCCCCC/C=C/CCCC(O)C(O)C(COP(=O)(O)OCC[N+](C)(C)C)NC(=O)CCCCCCCCCCCCCCCCCCCCCCCCCCCCC. The maximum absolute atomic E-state index is 13.0. The minimum absolute atomic E-state index is 0.0194. The van der Waals surface area contributed by atoms with Crippen LogP contribution in [0.2, 0.25) is 0 Å². The van der Waals surface area contributed by atoms with Crippen LogP contribution in [-0.4, -0.2) is 84.6 Å². The van der Waals surface area contributed by atoms with Gasteiger partial charge in [0.25, 0.3) is 0 Å². The minimum Gasteiger partial charge on any atom is -0.390 e. The van der Waals surface area contributed by atoms with Crippen LogP contribution in [0.25, 0.3) is 0 Å². The van der Waals surface area contributed by atoms with E-state index in [0.29, 0.717) is 30.3 Å². The number of rotatable bonds is 50. The highest BCUT2D eigenvalue weighted by Gasteiger charge is 2.31. The number of hydrogen-bond acceptors (Lipinski definition) is 6. The van der Waals surface area contributed by atoms with E-state index in [2.05, 4.69) is 31.3 Å². The third kappa shape index (κ3) is 46.1. The molecule has 0 aliphatic heterocycles. The monoisotopic (exact) mass is 916 g/mol. The van der Waals surface area contributed by atoms with E-state index >= 15 is 0 Å². The summed E-state index contributed by atoms with van der Waals surface area (Å²) in [5.74, 6) is -0.263. The number of nitrogens with one attached hydrogen (secondary N) is 1. The largest absolute Gasteiger partial charge is 0.472 e. The summed E-state index contributed by atoms with van der Waals surface area (Å²) in [6, 6.07) is -1.04. The number of likely N-dealkylation sites (N-methyl/N-ethyl adjacent to an activating group) is 1. The van der Waals surface area contributed by atoms with Crippen LogP contribution in [0.5, 0.6) is 0 Å². The van der Waals surface area contributed by atoms with Crippen molar-refractivity contribution in [3.63, 3.8) is 0 Å². The van der Waals surface area contributed by atoms with Crippen LogP contribution in [0.1, 0.15) is 264 Å². The van der Waals surface area contributed by atoms with Crippen molar-refractivity contribution in [3.05, 3.63) is 12.2 Å². The second kappa shape index (κ2) is 45.0. The molecule has 0 heterocycles. The van der Waals surface area contributed by atoms with Crippen molar-refractivity contribution in [1.29, 1.82) is 0 Å². The molecule has 4 unspecified atom stereocenters. The number of unbranched alkanes of at least 4 members (excludes halogenated alkanes) is 34. The minimum atomic E-state index is -4.42. The van der Waals surface area contributed by atoms with Crippen molar-refractivity contribution in [2.45, 2.75) is 283 Å². The van der Waals surface area contributed by atoms with E-state index in [-0.39, 0.29) is 12.5 Å². The van der Waals surface area contributed by atoms with E-state index in [9.17, 15) is 24.5 Å². The maximum Gasteiger partial charge on any atom is 0.472 e. The van der Waals surface area contributed by atoms with Crippen LogP contribution in [0.3, 0.4) is 0 Å². The van der Waals surface area contributed by atoms with E-state index in [1.54, 1.807) is 0 Å². The van der Waals surface area contributed by atoms with Gasteiger partial charge in [0.05, 0.1) is 39.9 Å². The lowest BCUT2D eigenvalue weighted by atomic mass is 10.0. The molecule has 0 saturated heterocycles. The molecule has 0 aliphatic carbocycles. The van der Waals surface area contributed by atoms with E-state index in [4.69, 9.17) is 9.05 Å². The Morgan fingerprint density at radius 1 is 0.540 bits per heavy atom. The Kier molecular flexibility index (Phi) is 44.4. The van der Waals surface area contributed by atoms with Crippen molar-refractivity contribution in [2.75, 3.05) is 40.9 Å². The van der Waals surface area contributed by atoms with E-state index < -0.39 is 32.7 Å². The second-order valence-corrected chi connectivity index (χ2v) is 21.6. The van der Waals surface area contributed by atoms with Gasteiger partial charge in [-0.25, -0.2) is 4.57 Å². The molecule has 10 heteroatoms. The highest BCUT2D eigenvalue weighted by atomic mass is 31.2. The first-order chi connectivity index (χ1) is 30.4. The van der Waals surface area contributed by atoms with Crippen LogP contribution in [0.4, 0.5) is 0 Å². The molecular weight excluding hydrogens is 808 g/mol. The smallest absolute Gasteiger partial charge is 0.390 e. The molecule has 0 aromatic carbocycles. The molecule has 9 nitrogen and oxygen atoms in total. The zero-order chi connectivity index (χ0) is 46.5. The first-order valence-electron chi connectivity index (χ1n) is 27.1. The zero-order valence-corrected chi connectivity index (χ0v) is 43.3. The summed E-state index contributed by atoms with van der Waals surface area (Å²) < 4.78 is 23.6. The number of phosphoric ester groups is 1. The number of amides is 1. The Balaban J connectivity index is 4.17. The number of nitrogens with zero attached hydrogens (tertiary/aromatic N) is 1. The van der Waals surface area contributed by atoms with Crippen molar-refractivity contribution in [1.82, 2.24) is 5.32 Å². The molecule has 0 rings (SSSR count). The van der Waals surface area contributed by atoms with Gasteiger partial charge in [-0.2, -0.15) is 0 Å². The van der Waals surface area contributed by atoms with Gasteiger partial charge in [0.1, 0.15) is 19.3 Å². The van der Waals surface area contributed by atoms with Gasteiger partial charge in [-0.1, -0.05) is 231 Å². The molecule has 0 fully saturated rings. The molecule has 0 radical (unpaired) electrons. The Morgan fingerprint density at radius 3 is 1.27 bits per heavy atom. The van der Waals surface area contributed by atoms with Gasteiger partial charge in [0.2, 0.25) is 5.91 Å². The van der Waals surface area contributed by atoms with Crippen molar-refractivity contribution < 1.29 is 38.0 Å². The summed E-state index contributed by atoms with van der Waals surface area (Å²) in [7, 11) is 1.43. The van der Waals surface area contributed by atoms with Gasteiger partial charge >= 0.3 is 7.82 Å². The number of carbonyl (C=O) groups is 1. The Hall–Kier alpha value is -0.800. The fourth-order valence-electron chi connectivity index (χ4n) is 8.26. The summed E-state index contributed by atoms with van der Waals surface area (Å²) >= 11 is 0. The molecule has 0 aliphatic rings. The van der Waals surface area contributed by atoms with Crippen molar-refractivity contribution in [2.24, 2.45) is 0 Å². The quantitative estimate of drug-likeness (QED) is 0.0207. The highest BCUT2D eigenvalue weighted by Crippen LogP contribution is 2.43. The first-order valence-corrected chi connectivity index (χ1v) is 28.6. The van der Waals surface area contributed by atoms with E-state index in [1.165, 1.54) is 199 Å². The summed E-state index contributed by atoms with van der Waals surface area (Å²) in [6.45, 7) is 4.61. The molecule has 4 N–H and O–H groups in total. The summed E-state index contributed by atoms with van der Waals surface area (Å²) in [5, 5.41) is 24.7. The first kappa shape index (κ1) is 62.2. The standard InChI is InChI=1S/C53H107N2O7P/c1-6-8-10-12-14-16-18-20-21-22-23-24-25-26-27-28-29-30-31-32-33-34-36-38-40-42-44-46-52(57)54-50(49-62-63(59,60)61-48-47-55(3,4)5)53(58)51(56)45-43-41-39-37-35-19-17-15-13-11-9-7-2/h37,39,50-51,53,56,58H,6-36,38,40-49H2,1-5H3,(H-,54,57,59,60)/p+1/b39-37+. The van der Waals surface area contributed by atoms with Gasteiger partial charge in [-0.3, -0.25) is 13.8 Å². The number of hydrogen-bond donors (Lipinski definition) is 4. The predicted molar refractivity (Wildman–Crippen MR) is 269 cm³/mol. The van der Waals surface area contributed by atoms with Crippen LogP contribution in [0.15, 0.2) is 12.2 Å². The summed E-state index contributed by atoms with van der Waals surface area (Å²) in [4.78, 5) is 23.3. The topological polar surface area (TPSA) is 125 Å². The fraction of sp³-hybridized carbons (Fsp3) is 0.943. The number of quaternary nitrogens is 1. The lowest BCUT2D eigenvalue weighted by Gasteiger charge is -2.28. The highest BCUT2D eigenvalue weighted by molar-refractivity contribution is 7.47. The molecule has 63 heavy (non-hydrogen) atoms. The van der Waals surface area contributed by atoms with Gasteiger partial charge in [-0.05, 0) is 38.5 Å². The molecule has 0 aromatic heterocycles. The third-order valence-electron chi connectivity index (χ3n) is 12.6. The fourth-order valence-corrected chi connectivity index (χ4v) is 9.00. The Bertz CT molecular complexity index is 1050. The average molecular weight is 916 g/mol. The van der Waals surface area contributed by atoms with Crippen molar-refractivity contribution >= 4 is 13.7 Å². The molecule has 1 amide bonds. The van der Waals surface area contributed by atoms with Gasteiger partial charge in [0.15, 0.2) is 0 Å². The van der Waals surface area contributed by atoms with Gasteiger partial charge in [-0.15, -0.1) is 0 Å². The Morgan fingerprint density at radius 2 is 0.889 bits per heavy atom. The van der Waals surface area contributed by atoms with Crippen LogP contribution in [-0.2, 0) is 18.4 Å². The molecule has 4 atom stereocenters. The lowest BCUT2D eigenvalue weighted by Crippen LogP contribution is -2.51. The molecule has 0 aromatic rings. The summed E-state index contributed by atoms with van der Waals surface area (Å²) in [5.41, 5.74) is 0. The van der Waals surface area contributed by atoms with Crippen LogP contribution >= 0.6 is 7.82 Å². The Labute approximate surface area is 391 Å². The summed E-state index contributed by atoms with van der Waals surface area (Å²) in [6.07, 6.45) is 50.2. The van der Waals surface area contributed by atoms with Gasteiger partial charge < -0.3 is 24.9 Å². The number of carbonyl (C=O) groups excluding carboxylic acids is 1. The molecular formula is C53H108N2O7P+. The maximum atomic E-state index is 13.0. The molecule has 0 bridgehead atoms. The lowest BCUT2D eigenvalue weighted by molar-refractivity contribution is -0.870. The van der Waals surface area contributed by atoms with E-state index in [1.807, 2.05) is 21.1 Å². The predicted octanol–water partition coefficient (Wildman–Crippen LogP) is 14.8. The average Bonchev–Trinajstić information content (AvgIpc) is 3.24. The van der Waals surface area contributed by atoms with E-state index in [0.717, 1.165) is 32.1 Å².